The van der Waals surface area contributed by atoms with Crippen LogP contribution in [0.4, 0.5) is 11.4 Å². The molecular weight excluding hydrogens is 372 g/mol. The number of carbonyl (C=O) groups excluding carboxylic acids is 2. The maximum absolute atomic E-state index is 12.5. The second kappa shape index (κ2) is 9.05. The van der Waals surface area contributed by atoms with Crippen LogP contribution >= 0.6 is 0 Å². The van der Waals surface area contributed by atoms with Crippen molar-refractivity contribution in [3.05, 3.63) is 59.8 Å². The SMILES string of the molecule is CCOC(=O)c1ccc2ncc(C(=O)OCC)c(Nc3cccc(OC)c3)c2c1. The highest BCUT2D eigenvalue weighted by atomic mass is 16.5. The van der Waals surface area contributed by atoms with E-state index in [4.69, 9.17) is 14.2 Å². The standard InChI is InChI=1S/C22H22N2O5/c1-4-28-21(25)14-9-10-19-17(11-14)20(18(13-23-19)22(26)29-5-2)24-15-7-6-8-16(12-15)27-3/h6-13H,4-5H2,1-3H3,(H,23,24). The molecule has 0 spiro atoms. The predicted octanol–water partition coefficient (Wildman–Crippen LogP) is 4.34. The van der Waals surface area contributed by atoms with Gasteiger partial charge in [0, 0.05) is 23.3 Å². The largest absolute Gasteiger partial charge is 0.497 e. The number of carbonyl (C=O) groups is 2. The highest BCUT2D eigenvalue weighted by molar-refractivity contribution is 6.07. The van der Waals surface area contributed by atoms with Gasteiger partial charge in [0.25, 0.3) is 0 Å². The molecule has 7 nitrogen and oxygen atoms in total. The van der Waals surface area contributed by atoms with Gasteiger partial charge in [-0.3, -0.25) is 4.98 Å². The van der Waals surface area contributed by atoms with E-state index in [1.54, 1.807) is 45.2 Å². The lowest BCUT2D eigenvalue weighted by Crippen LogP contribution is -2.10. The molecule has 1 N–H and O–H groups in total. The third-order valence-corrected chi connectivity index (χ3v) is 4.21. The molecule has 0 atom stereocenters. The molecule has 0 saturated heterocycles. The van der Waals surface area contributed by atoms with Gasteiger partial charge in [0.2, 0.25) is 0 Å². The van der Waals surface area contributed by atoms with Gasteiger partial charge in [-0.1, -0.05) is 6.07 Å². The lowest BCUT2D eigenvalue weighted by Gasteiger charge is -2.15. The second-order valence-corrected chi connectivity index (χ2v) is 6.08. The summed E-state index contributed by atoms with van der Waals surface area (Å²) < 4.78 is 15.5. The topological polar surface area (TPSA) is 86.8 Å². The third-order valence-electron chi connectivity index (χ3n) is 4.21. The van der Waals surface area contributed by atoms with E-state index < -0.39 is 11.9 Å². The van der Waals surface area contributed by atoms with Gasteiger partial charge in [-0.2, -0.15) is 0 Å². The zero-order chi connectivity index (χ0) is 20.8. The molecule has 2 aromatic carbocycles. The Labute approximate surface area is 168 Å². The molecule has 1 aromatic heterocycles. The summed E-state index contributed by atoms with van der Waals surface area (Å²) in [6.45, 7) is 3.99. The van der Waals surface area contributed by atoms with Gasteiger partial charge < -0.3 is 19.5 Å². The minimum atomic E-state index is -0.506. The molecule has 0 saturated carbocycles. The molecule has 0 aliphatic carbocycles. The summed E-state index contributed by atoms with van der Waals surface area (Å²) in [5, 5.41) is 3.86. The first kappa shape index (κ1) is 20.1. The number of hydrogen-bond acceptors (Lipinski definition) is 7. The number of nitrogens with one attached hydrogen (secondary N) is 1. The average Bonchev–Trinajstić information content (AvgIpc) is 2.74. The third kappa shape index (κ3) is 4.45. The number of ether oxygens (including phenoxy) is 3. The Morgan fingerprint density at radius 3 is 2.48 bits per heavy atom. The minimum absolute atomic E-state index is 0.234. The van der Waals surface area contributed by atoms with E-state index in [2.05, 4.69) is 10.3 Å². The summed E-state index contributed by atoms with van der Waals surface area (Å²) in [6, 6.07) is 12.3. The van der Waals surface area contributed by atoms with Crippen LogP contribution in [0, 0.1) is 0 Å². The highest BCUT2D eigenvalue weighted by Crippen LogP contribution is 2.31. The van der Waals surface area contributed by atoms with Crippen molar-refractivity contribution in [2.75, 3.05) is 25.6 Å². The van der Waals surface area contributed by atoms with Crippen LogP contribution in [0.3, 0.4) is 0 Å². The number of benzene rings is 2. The summed E-state index contributed by atoms with van der Waals surface area (Å²) in [7, 11) is 1.58. The molecule has 1 heterocycles. The summed E-state index contributed by atoms with van der Waals surface area (Å²) in [6.07, 6.45) is 1.47. The Kier molecular flexibility index (Phi) is 6.29. The van der Waals surface area contributed by atoms with E-state index in [1.807, 2.05) is 18.2 Å². The lowest BCUT2D eigenvalue weighted by molar-refractivity contribution is 0.0518. The number of fused-ring (bicyclic) bond motifs is 1. The molecule has 7 heteroatoms. The van der Waals surface area contributed by atoms with Crippen molar-refractivity contribution < 1.29 is 23.8 Å². The fraction of sp³-hybridized carbons (Fsp3) is 0.227. The van der Waals surface area contributed by atoms with Crippen molar-refractivity contribution in [2.24, 2.45) is 0 Å². The van der Waals surface area contributed by atoms with Gasteiger partial charge in [-0.05, 0) is 44.2 Å². The number of esters is 2. The first-order chi connectivity index (χ1) is 14.1. The van der Waals surface area contributed by atoms with Crippen LogP contribution in [-0.4, -0.2) is 37.2 Å². The van der Waals surface area contributed by atoms with E-state index >= 15 is 0 Å². The Bertz CT molecular complexity index is 1040. The zero-order valence-electron chi connectivity index (χ0n) is 16.5. The molecule has 0 aliphatic rings. The van der Waals surface area contributed by atoms with Crippen LogP contribution in [0.1, 0.15) is 34.6 Å². The molecule has 150 valence electrons. The van der Waals surface area contributed by atoms with Crippen LogP contribution < -0.4 is 10.1 Å². The highest BCUT2D eigenvalue weighted by Gasteiger charge is 2.19. The molecule has 3 aromatic rings. The monoisotopic (exact) mass is 394 g/mol. The maximum atomic E-state index is 12.5. The summed E-state index contributed by atoms with van der Waals surface area (Å²) >= 11 is 0. The summed E-state index contributed by atoms with van der Waals surface area (Å²) in [4.78, 5) is 29.1. The van der Waals surface area contributed by atoms with Crippen LogP contribution in [0.5, 0.6) is 5.75 Å². The average molecular weight is 394 g/mol. The number of nitrogens with zero attached hydrogens (tertiary/aromatic N) is 1. The van der Waals surface area contributed by atoms with E-state index in [0.29, 0.717) is 33.6 Å². The molecule has 0 aliphatic heterocycles. The van der Waals surface area contributed by atoms with Crippen molar-refractivity contribution in [3.8, 4) is 5.75 Å². The van der Waals surface area contributed by atoms with Crippen LogP contribution in [-0.2, 0) is 9.47 Å². The number of hydrogen-bond donors (Lipinski definition) is 1. The van der Waals surface area contributed by atoms with Crippen molar-refractivity contribution >= 4 is 34.2 Å². The van der Waals surface area contributed by atoms with Crippen LogP contribution in [0.2, 0.25) is 0 Å². The fourth-order valence-corrected chi connectivity index (χ4v) is 2.88. The molecule has 0 amide bonds. The molecule has 0 fully saturated rings. The Morgan fingerprint density at radius 1 is 1.00 bits per heavy atom. The smallest absolute Gasteiger partial charge is 0.341 e. The van der Waals surface area contributed by atoms with Gasteiger partial charge >= 0.3 is 11.9 Å². The molecule has 3 rings (SSSR count). The van der Waals surface area contributed by atoms with Gasteiger partial charge in [-0.25, -0.2) is 9.59 Å². The second-order valence-electron chi connectivity index (χ2n) is 6.08. The number of anilines is 2. The maximum Gasteiger partial charge on any atom is 0.341 e. The Hall–Kier alpha value is -3.61. The minimum Gasteiger partial charge on any atom is -0.497 e. The van der Waals surface area contributed by atoms with E-state index in [9.17, 15) is 9.59 Å². The number of aromatic nitrogens is 1. The molecular formula is C22H22N2O5. The van der Waals surface area contributed by atoms with Crippen molar-refractivity contribution in [2.45, 2.75) is 13.8 Å². The quantitative estimate of drug-likeness (QED) is 0.597. The van der Waals surface area contributed by atoms with Crippen molar-refractivity contribution in [1.29, 1.82) is 0 Å². The number of rotatable bonds is 7. The zero-order valence-corrected chi connectivity index (χ0v) is 16.5. The van der Waals surface area contributed by atoms with E-state index in [1.165, 1.54) is 6.20 Å². The molecule has 0 radical (unpaired) electrons. The first-order valence-electron chi connectivity index (χ1n) is 9.25. The molecule has 29 heavy (non-hydrogen) atoms. The normalized spacial score (nSPS) is 10.4. The predicted molar refractivity (Wildman–Crippen MR) is 110 cm³/mol. The Morgan fingerprint density at radius 2 is 1.76 bits per heavy atom. The van der Waals surface area contributed by atoms with Gasteiger partial charge in [-0.15, -0.1) is 0 Å². The van der Waals surface area contributed by atoms with E-state index in [-0.39, 0.29) is 18.8 Å². The lowest BCUT2D eigenvalue weighted by atomic mass is 10.1. The summed E-state index contributed by atoms with van der Waals surface area (Å²) in [5.41, 5.74) is 2.47. The van der Waals surface area contributed by atoms with Gasteiger partial charge in [0.1, 0.15) is 11.3 Å². The van der Waals surface area contributed by atoms with Crippen molar-refractivity contribution in [3.63, 3.8) is 0 Å². The van der Waals surface area contributed by atoms with E-state index in [0.717, 1.165) is 0 Å². The number of methoxy groups -OCH3 is 1. The van der Waals surface area contributed by atoms with Gasteiger partial charge in [0.15, 0.2) is 0 Å². The first-order valence-corrected chi connectivity index (χ1v) is 9.25. The fourth-order valence-electron chi connectivity index (χ4n) is 2.88. The Balaban J connectivity index is 2.16. The summed E-state index contributed by atoms with van der Waals surface area (Å²) in [5.74, 6) is -0.282. The van der Waals surface area contributed by atoms with Crippen LogP contribution in [0.15, 0.2) is 48.7 Å². The van der Waals surface area contributed by atoms with Gasteiger partial charge in [0.05, 0.1) is 37.1 Å². The molecule has 0 unspecified atom stereocenters. The number of pyridine rings is 1. The molecule has 0 bridgehead atoms. The van der Waals surface area contributed by atoms with Crippen molar-refractivity contribution in [1.82, 2.24) is 4.98 Å². The van der Waals surface area contributed by atoms with Crippen LogP contribution in [0.25, 0.3) is 10.9 Å².